The molecule has 0 radical (unpaired) electrons. The number of ether oxygens (including phenoxy) is 2. The van der Waals surface area contributed by atoms with Crippen molar-refractivity contribution in [3.8, 4) is 5.75 Å². The first-order valence-electron chi connectivity index (χ1n) is 8.67. The van der Waals surface area contributed by atoms with Gasteiger partial charge in [-0.1, -0.05) is 23.7 Å². The van der Waals surface area contributed by atoms with Crippen molar-refractivity contribution in [1.82, 2.24) is 4.90 Å². The number of carbonyl (C=O) groups is 1. The van der Waals surface area contributed by atoms with E-state index in [4.69, 9.17) is 21.1 Å². The van der Waals surface area contributed by atoms with Crippen molar-refractivity contribution < 1.29 is 14.3 Å². The van der Waals surface area contributed by atoms with Crippen molar-refractivity contribution in [2.45, 2.75) is 25.4 Å². The number of hydrogen-bond donors (Lipinski definition) is 0. The van der Waals surface area contributed by atoms with Crippen LogP contribution in [-0.4, -0.2) is 38.6 Å². The highest BCUT2D eigenvalue weighted by molar-refractivity contribution is 6.30. The van der Waals surface area contributed by atoms with Gasteiger partial charge in [0.1, 0.15) is 11.4 Å². The molecule has 4 nitrogen and oxygen atoms in total. The number of carbonyl (C=O) groups excluding carboxylic acids is 1. The number of methoxy groups -OCH3 is 1. The molecule has 0 saturated carbocycles. The van der Waals surface area contributed by atoms with Crippen molar-refractivity contribution in [2.24, 2.45) is 0 Å². The Morgan fingerprint density at radius 1 is 1.19 bits per heavy atom. The summed E-state index contributed by atoms with van der Waals surface area (Å²) in [6, 6.07) is 11.2. The number of hydrogen-bond acceptors (Lipinski definition) is 4. The lowest BCUT2D eigenvalue weighted by Gasteiger charge is -2.39. The Balaban J connectivity index is 2.11. The predicted octanol–water partition coefficient (Wildman–Crippen LogP) is 4.22. The number of fused-ring (bicyclic) bond motifs is 1. The normalized spacial score (nSPS) is 19.2. The Kier molecular flexibility index (Phi) is 5.26. The smallest absolute Gasteiger partial charge is 0.339 e. The average Bonchev–Trinajstić information content (AvgIpc) is 2.61. The first-order chi connectivity index (χ1) is 12.4. The molecular weight excluding hydrogens is 350 g/mol. The molecule has 138 valence electrons. The van der Waals surface area contributed by atoms with Crippen LogP contribution in [0.1, 0.15) is 33.5 Å². The van der Waals surface area contributed by atoms with Crippen LogP contribution in [0.25, 0.3) is 0 Å². The zero-order valence-corrected chi connectivity index (χ0v) is 16.4. The summed E-state index contributed by atoms with van der Waals surface area (Å²) in [5.74, 6) is 0.502. The average molecular weight is 374 g/mol. The second-order valence-corrected chi connectivity index (χ2v) is 7.48. The molecule has 0 aromatic heterocycles. The van der Waals surface area contributed by atoms with Gasteiger partial charge in [0.05, 0.1) is 12.7 Å². The summed E-state index contributed by atoms with van der Waals surface area (Å²) >= 11 is 6.07. The summed E-state index contributed by atoms with van der Waals surface area (Å²) in [7, 11) is 5.68. The fraction of sp³-hybridized carbons (Fsp3) is 0.381. The maximum absolute atomic E-state index is 12.8. The SMILES string of the molecule is COc1ccc2c(c1C)C[C@](CCN(C)C)(c1ccc(Cl)cc1)OC2=O. The van der Waals surface area contributed by atoms with Crippen LogP contribution in [0.15, 0.2) is 36.4 Å². The number of rotatable bonds is 5. The molecule has 0 N–H and O–H groups in total. The van der Waals surface area contributed by atoms with Gasteiger partial charge < -0.3 is 14.4 Å². The number of benzene rings is 2. The van der Waals surface area contributed by atoms with E-state index in [0.29, 0.717) is 23.4 Å². The molecule has 2 aromatic carbocycles. The maximum atomic E-state index is 12.8. The van der Waals surface area contributed by atoms with E-state index < -0.39 is 5.60 Å². The lowest BCUT2D eigenvalue weighted by Crippen LogP contribution is -2.41. The number of esters is 1. The van der Waals surface area contributed by atoms with Gasteiger partial charge in [-0.15, -0.1) is 0 Å². The van der Waals surface area contributed by atoms with Crippen LogP contribution in [0.3, 0.4) is 0 Å². The van der Waals surface area contributed by atoms with E-state index in [1.165, 1.54) is 0 Å². The van der Waals surface area contributed by atoms with E-state index in [-0.39, 0.29) is 5.97 Å². The molecule has 0 bridgehead atoms. The van der Waals surface area contributed by atoms with Crippen molar-refractivity contribution in [1.29, 1.82) is 0 Å². The fourth-order valence-corrected chi connectivity index (χ4v) is 3.66. The Hall–Kier alpha value is -2.04. The van der Waals surface area contributed by atoms with Gasteiger partial charge in [0.25, 0.3) is 0 Å². The monoisotopic (exact) mass is 373 g/mol. The van der Waals surface area contributed by atoms with E-state index in [0.717, 1.165) is 29.0 Å². The summed E-state index contributed by atoms with van der Waals surface area (Å²) in [6.45, 7) is 2.79. The Labute approximate surface area is 159 Å². The lowest BCUT2D eigenvalue weighted by molar-refractivity contribution is -0.0356. The molecule has 0 unspecified atom stereocenters. The van der Waals surface area contributed by atoms with E-state index in [2.05, 4.69) is 4.90 Å². The van der Waals surface area contributed by atoms with Crippen LogP contribution in [0.4, 0.5) is 0 Å². The molecule has 1 aliphatic heterocycles. The van der Waals surface area contributed by atoms with Crippen LogP contribution in [0.2, 0.25) is 5.02 Å². The maximum Gasteiger partial charge on any atom is 0.339 e. The third-order valence-corrected chi connectivity index (χ3v) is 5.32. The minimum Gasteiger partial charge on any atom is -0.496 e. The predicted molar refractivity (Wildman–Crippen MR) is 103 cm³/mol. The topological polar surface area (TPSA) is 38.8 Å². The van der Waals surface area contributed by atoms with Crippen LogP contribution < -0.4 is 4.74 Å². The van der Waals surface area contributed by atoms with Crippen molar-refractivity contribution in [3.63, 3.8) is 0 Å². The van der Waals surface area contributed by atoms with Crippen LogP contribution in [0, 0.1) is 6.92 Å². The van der Waals surface area contributed by atoms with Gasteiger partial charge in [-0.05, 0) is 62.0 Å². The standard InChI is InChI=1S/C21H24ClNO3/c1-14-18-13-21(11-12-23(2)3,15-5-7-16(22)8-6-15)26-20(24)17(18)9-10-19(14)25-4/h5-10H,11-13H2,1-4H3/t21-/m1/s1. The summed E-state index contributed by atoms with van der Waals surface area (Å²) in [6.07, 6.45) is 1.32. The molecule has 1 atom stereocenters. The fourth-order valence-electron chi connectivity index (χ4n) is 3.53. The zero-order chi connectivity index (χ0) is 18.9. The lowest BCUT2D eigenvalue weighted by atomic mass is 9.79. The molecule has 1 heterocycles. The van der Waals surface area contributed by atoms with E-state index >= 15 is 0 Å². The van der Waals surface area contributed by atoms with Gasteiger partial charge in [0, 0.05) is 24.4 Å². The molecular formula is C21H24ClNO3. The molecule has 0 spiro atoms. The second-order valence-electron chi connectivity index (χ2n) is 7.04. The first-order valence-corrected chi connectivity index (χ1v) is 9.05. The molecule has 0 saturated heterocycles. The molecule has 1 aliphatic rings. The summed E-state index contributed by atoms with van der Waals surface area (Å²) in [5, 5.41) is 0.664. The molecule has 2 aromatic rings. The van der Waals surface area contributed by atoms with Crippen molar-refractivity contribution in [3.05, 3.63) is 63.7 Å². The minimum atomic E-state index is -0.712. The highest BCUT2D eigenvalue weighted by Crippen LogP contribution is 2.42. The van der Waals surface area contributed by atoms with E-state index in [9.17, 15) is 4.79 Å². The number of nitrogens with zero attached hydrogens (tertiary/aromatic N) is 1. The van der Waals surface area contributed by atoms with Gasteiger partial charge in [-0.2, -0.15) is 0 Å². The molecule has 26 heavy (non-hydrogen) atoms. The van der Waals surface area contributed by atoms with Crippen LogP contribution in [-0.2, 0) is 16.8 Å². The Morgan fingerprint density at radius 3 is 2.50 bits per heavy atom. The third kappa shape index (κ3) is 3.44. The molecule has 0 aliphatic carbocycles. The number of halogens is 1. The minimum absolute atomic E-state index is 0.286. The summed E-state index contributed by atoms with van der Waals surface area (Å²) < 4.78 is 11.5. The van der Waals surface area contributed by atoms with Gasteiger partial charge >= 0.3 is 5.97 Å². The highest BCUT2D eigenvalue weighted by Gasteiger charge is 2.42. The third-order valence-electron chi connectivity index (χ3n) is 5.07. The first kappa shape index (κ1) is 18.7. The summed E-state index contributed by atoms with van der Waals surface area (Å²) in [4.78, 5) is 14.9. The zero-order valence-electron chi connectivity index (χ0n) is 15.6. The number of cyclic esters (lactones) is 1. The second kappa shape index (κ2) is 7.29. The van der Waals surface area contributed by atoms with Crippen molar-refractivity contribution in [2.75, 3.05) is 27.7 Å². The van der Waals surface area contributed by atoms with Gasteiger partial charge in [-0.25, -0.2) is 4.79 Å². The molecule has 0 amide bonds. The van der Waals surface area contributed by atoms with Crippen LogP contribution >= 0.6 is 11.6 Å². The van der Waals surface area contributed by atoms with Crippen molar-refractivity contribution >= 4 is 17.6 Å². The van der Waals surface area contributed by atoms with E-state index in [1.807, 2.05) is 51.4 Å². The Morgan fingerprint density at radius 2 is 1.88 bits per heavy atom. The largest absolute Gasteiger partial charge is 0.496 e. The van der Waals surface area contributed by atoms with E-state index in [1.54, 1.807) is 13.2 Å². The van der Waals surface area contributed by atoms with Crippen LogP contribution in [0.5, 0.6) is 5.75 Å². The quantitative estimate of drug-likeness (QED) is 0.736. The molecule has 5 heteroatoms. The van der Waals surface area contributed by atoms with Gasteiger partial charge in [-0.3, -0.25) is 0 Å². The van der Waals surface area contributed by atoms with Gasteiger partial charge in [0.2, 0.25) is 0 Å². The summed E-state index contributed by atoms with van der Waals surface area (Å²) in [5.41, 5.74) is 2.86. The highest BCUT2D eigenvalue weighted by atomic mass is 35.5. The molecule has 3 rings (SSSR count). The Bertz CT molecular complexity index is 817. The van der Waals surface area contributed by atoms with Gasteiger partial charge in [0.15, 0.2) is 0 Å². The molecule has 0 fully saturated rings.